The van der Waals surface area contributed by atoms with E-state index in [0.29, 0.717) is 6.61 Å². The molecule has 1 heterocycles. The monoisotopic (exact) mass is 206 g/mol. The molecule has 1 aliphatic rings. The van der Waals surface area contributed by atoms with Gasteiger partial charge in [0.15, 0.2) is 0 Å². The largest absolute Gasteiger partial charge is 0.399 e. The van der Waals surface area contributed by atoms with E-state index >= 15 is 0 Å². The summed E-state index contributed by atoms with van der Waals surface area (Å²) in [5.41, 5.74) is 7.63. The SMILES string of the molecule is Nc1ccccc1CC1COCC(=O)N1. The first-order valence-corrected chi connectivity index (χ1v) is 4.96. The fraction of sp³-hybridized carbons (Fsp3) is 0.364. The molecule has 0 aromatic heterocycles. The zero-order valence-corrected chi connectivity index (χ0v) is 8.40. The topological polar surface area (TPSA) is 64.3 Å². The van der Waals surface area contributed by atoms with Gasteiger partial charge in [-0.05, 0) is 18.1 Å². The quantitative estimate of drug-likeness (QED) is 0.685. The highest BCUT2D eigenvalue weighted by atomic mass is 16.5. The molecule has 1 aliphatic heterocycles. The van der Waals surface area contributed by atoms with E-state index in [0.717, 1.165) is 17.7 Å². The second-order valence-corrected chi connectivity index (χ2v) is 3.68. The van der Waals surface area contributed by atoms with Crippen molar-refractivity contribution in [2.24, 2.45) is 0 Å². The van der Waals surface area contributed by atoms with Crippen LogP contribution in [0.5, 0.6) is 0 Å². The first-order valence-electron chi connectivity index (χ1n) is 4.96. The summed E-state index contributed by atoms with van der Waals surface area (Å²) >= 11 is 0. The highest BCUT2D eigenvalue weighted by Crippen LogP contribution is 2.13. The second kappa shape index (κ2) is 4.31. The van der Waals surface area contributed by atoms with E-state index < -0.39 is 0 Å². The minimum Gasteiger partial charge on any atom is -0.399 e. The summed E-state index contributed by atoms with van der Waals surface area (Å²) in [6, 6.07) is 7.71. The van der Waals surface area contributed by atoms with Crippen LogP contribution in [0.15, 0.2) is 24.3 Å². The van der Waals surface area contributed by atoms with Crippen molar-refractivity contribution in [1.29, 1.82) is 0 Å². The lowest BCUT2D eigenvalue weighted by molar-refractivity contribution is -0.131. The predicted molar refractivity (Wildman–Crippen MR) is 57.3 cm³/mol. The van der Waals surface area contributed by atoms with Crippen LogP contribution in [0, 0.1) is 0 Å². The number of amides is 1. The lowest BCUT2D eigenvalue weighted by Crippen LogP contribution is -2.46. The van der Waals surface area contributed by atoms with Crippen LogP contribution in [0.25, 0.3) is 0 Å². The third-order valence-electron chi connectivity index (χ3n) is 2.44. The average Bonchev–Trinajstić information content (AvgIpc) is 2.22. The Morgan fingerprint density at radius 2 is 2.27 bits per heavy atom. The van der Waals surface area contributed by atoms with Gasteiger partial charge in [0.1, 0.15) is 6.61 Å². The second-order valence-electron chi connectivity index (χ2n) is 3.68. The Morgan fingerprint density at radius 3 is 3.00 bits per heavy atom. The summed E-state index contributed by atoms with van der Waals surface area (Å²) in [4.78, 5) is 11.1. The summed E-state index contributed by atoms with van der Waals surface area (Å²) in [5.74, 6) is -0.0549. The van der Waals surface area contributed by atoms with Gasteiger partial charge in [-0.25, -0.2) is 0 Å². The molecule has 1 amide bonds. The number of hydrogen-bond donors (Lipinski definition) is 2. The van der Waals surface area contributed by atoms with E-state index in [1.807, 2.05) is 24.3 Å². The van der Waals surface area contributed by atoms with Gasteiger partial charge >= 0.3 is 0 Å². The number of rotatable bonds is 2. The summed E-state index contributed by atoms with van der Waals surface area (Å²) in [5, 5.41) is 2.87. The molecule has 1 fully saturated rings. The number of carbonyl (C=O) groups excluding carboxylic acids is 1. The van der Waals surface area contributed by atoms with Crippen molar-refractivity contribution < 1.29 is 9.53 Å². The molecule has 4 nitrogen and oxygen atoms in total. The van der Waals surface area contributed by atoms with Crippen LogP contribution in [-0.4, -0.2) is 25.2 Å². The third-order valence-corrected chi connectivity index (χ3v) is 2.44. The first kappa shape index (κ1) is 9.98. The fourth-order valence-electron chi connectivity index (χ4n) is 1.70. The molecule has 1 atom stereocenters. The molecule has 1 aromatic carbocycles. The molecule has 0 bridgehead atoms. The maximum absolute atomic E-state index is 11.1. The van der Waals surface area contributed by atoms with Gasteiger partial charge in [-0.3, -0.25) is 4.79 Å². The number of benzene rings is 1. The lowest BCUT2D eigenvalue weighted by Gasteiger charge is -2.23. The van der Waals surface area contributed by atoms with E-state index in [1.165, 1.54) is 0 Å². The Labute approximate surface area is 88.4 Å². The summed E-state index contributed by atoms with van der Waals surface area (Å²) in [6.45, 7) is 0.723. The van der Waals surface area contributed by atoms with Crippen LogP contribution < -0.4 is 11.1 Å². The Morgan fingerprint density at radius 1 is 1.47 bits per heavy atom. The molecule has 4 heteroatoms. The molecule has 0 aliphatic carbocycles. The van der Waals surface area contributed by atoms with Gasteiger partial charge in [0.25, 0.3) is 0 Å². The van der Waals surface area contributed by atoms with Gasteiger partial charge in [-0.2, -0.15) is 0 Å². The number of ether oxygens (including phenoxy) is 1. The van der Waals surface area contributed by atoms with Crippen molar-refractivity contribution in [3.8, 4) is 0 Å². The highest BCUT2D eigenvalue weighted by Gasteiger charge is 2.19. The molecule has 1 aromatic rings. The minimum absolute atomic E-state index is 0.0379. The Hall–Kier alpha value is -1.55. The van der Waals surface area contributed by atoms with Crippen LogP contribution >= 0.6 is 0 Å². The van der Waals surface area contributed by atoms with Gasteiger partial charge in [0.2, 0.25) is 5.91 Å². The number of morpholine rings is 1. The van der Waals surface area contributed by atoms with Gasteiger partial charge in [0.05, 0.1) is 12.6 Å². The van der Waals surface area contributed by atoms with Gasteiger partial charge < -0.3 is 15.8 Å². The Balaban J connectivity index is 2.02. The standard InChI is InChI=1S/C11H14N2O2/c12-10-4-2-1-3-8(10)5-9-6-15-7-11(14)13-9/h1-4,9H,5-7,12H2,(H,13,14). The molecule has 0 radical (unpaired) electrons. The van der Waals surface area contributed by atoms with Crippen LogP contribution in [-0.2, 0) is 16.0 Å². The van der Waals surface area contributed by atoms with Crippen LogP contribution in [0.1, 0.15) is 5.56 Å². The summed E-state index contributed by atoms with van der Waals surface area (Å²) in [7, 11) is 0. The van der Waals surface area contributed by atoms with Gasteiger partial charge in [0, 0.05) is 5.69 Å². The fourth-order valence-corrected chi connectivity index (χ4v) is 1.70. The number of nitrogens with one attached hydrogen (secondary N) is 1. The van der Waals surface area contributed by atoms with Crippen LogP contribution in [0.2, 0.25) is 0 Å². The van der Waals surface area contributed by atoms with E-state index in [2.05, 4.69) is 5.32 Å². The zero-order valence-electron chi connectivity index (χ0n) is 8.40. The van der Waals surface area contributed by atoms with Crippen molar-refractivity contribution in [1.82, 2.24) is 5.32 Å². The van der Waals surface area contributed by atoms with E-state index in [4.69, 9.17) is 10.5 Å². The minimum atomic E-state index is -0.0549. The molecule has 80 valence electrons. The molecule has 2 rings (SSSR count). The maximum Gasteiger partial charge on any atom is 0.246 e. The maximum atomic E-state index is 11.1. The molecular formula is C11H14N2O2. The molecule has 15 heavy (non-hydrogen) atoms. The van der Waals surface area contributed by atoms with Crippen molar-refractivity contribution in [3.05, 3.63) is 29.8 Å². The van der Waals surface area contributed by atoms with E-state index in [1.54, 1.807) is 0 Å². The number of para-hydroxylation sites is 1. The molecule has 3 N–H and O–H groups in total. The number of nitrogen functional groups attached to an aromatic ring is 1. The molecule has 1 unspecified atom stereocenters. The molecule has 0 saturated carbocycles. The van der Waals surface area contributed by atoms with Crippen LogP contribution in [0.3, 0.4) is 0 Å². The average molecular weight is 206 g/mol. The molecule has 0 spiro atoms. The number of carbonyl (C=O) groups is 1. The van der Waals surface area contributed by atoms with Crippen molar-refractivity contribution in [2.45, 2.75) is 12.5 Å². The summed E-state index contributed by atoms with van der Waals surface area (Å²) < 4.78 is 5.15. The number of anilines is 1. The zero-order chi connectivity index (χ0) is 10.7. The van der Waals surface area contributed by atoms with Crippen molar-refractivity contribution in [3.63, 3.8) is 0 Å². The van der Waals surface area contributed by atoms with Crippen LogP contribution in [0.4, 0.5) is 5.69 Å². The summed E-state index contributed by atoms with van der Waals surface area (Å²) in [6.07, 6.45) is 0.721. The highest BCUT2D eigenvalue weighted by molar-refractivity contribution is 5.78. The lowest BCUT2D eigenvalue weighted by atomic mass is 10.0. The number of hydrogen-bond acceptors (Lipinski definition) is 3. The normalized spacial score (nSPS) is 21.1. The van der Waals surface area contributed by atoms with Gasteiger partial charge in [-0.15, -0.1) is 0 Å². The van der Waals surface area contributed by atoms with Crippen molar-refractivity contribution >= 4 is 11.6 Å². The Kier molecular flexibility index (Phi) is 2.87. The van der Waals surface area contributed by atoms with Crippen molar-refractivity contribution in [2.75, 3.05) is 18.9 Å². The third kappa shape index (κ3) is 2.47. The predicted octanol–water partition coefficient (Wildman–Crippen LogP) is 0.326. The van der Waals surface area contributed by atoms with Gasteiger partial charge in [-0.1, -0.05) is 18.2 Å². The smallest absolute Gasteiger partial charge is 0.246 e. The van der Waals surface area contributed by atoms with E-state index in [-0.39, 0.29) is 18.6 Å². The molecule has 1 saturated heterocycles. The first-order chi connectivity index (χ1) is 7.25. The Bertz CT molecular complexity index is 365. The molecular weight excluding hydrogens is 192 g/mol. The van der Waals surface area contributed by atoms with E-state index in [9.17, 15) is 4.79 Å². The number of nitrogens with two attached hydrogens (primary N) is 1.